The number of fused-ring (bicyclic) bond motifs is 3. The Morgan fingerprint density at radius 1 is 1.00 bits per heavy atom. The van der Waals surface area contributed by atoms with Crippen molar-refractivity contribution in [3.8, 4) is 5.75 Å². The second-order valence-corrected chi connectivity index (χ2v) is 9.44. The minimum atomic E-state index is -0.226. The Kier molecular flexibility index (Phi) is 4.89. The van der Waals surface area contributed by atoms with E-state index in [9.17, 15) is 4.79 Å². The molecule has 3 aromatic rings. The number of likely N-dealkylation sites (tertiary alicyclic amines) is 1. The number of benzene rings is 3. The first kappa shape index (κ1) is 19.1. The van der Waals surface area contributed by atoms with Gasteiger partial charge < -0.3 is 9.64 Å². The van der Waals surface area contributed by atoms with Gasteiger partial charge in [0, 0.05) is 42.6 Å². The van der Waals surface area contributed by atoms with E-state index in [-0.39, 0.29) is 11.5 Å². The average Bonchev–Trinajstić information content (AvgIpc) is 2.76. The highest BCUT2D eigenvalue weighted by atomic mass is 35.5. The van der Waals surface area contributed by atoms with Crippen LogP contribution in [0.2, 0.25) is 10.0 Å². The normalized spacial score (nSPS) is 17.8. The molecule has 0 bridgehead atoms. The molecule has 29 heavy (non-hydrogen) atoms. The topological polar surface area (TPSA) is 29.5 Å². The van der Waals surface area contributed by atoms with Gasteiger partial charge in [-0.2, -0.15) is 0 Å². The van der Waals surface area contributed by atoms with Crippen LogP contribution >= 0.6 is 35.0 Å². The molecular weight excluding hydrogens is 425 g/mol. The second kappa shape index (κ2) is 7.42. The molecule has 148 valence electrons. The molecule has 1 amide bonds. The fourth-order valence-corrected chi connectivity index (χ4v) is 5.58. The first-order chi connectivity index (χ1) is 14.0. The van der Waals surface area contributed by atoms with Crippen LogP contribution in [0.3, 0.4) is 0 Å². The van der Waals surface area contributed by atoms with Crippen molar-refractivity contribution in [3.63, 3.8) is 0 Å². The highest BCUT2D eigenvalue weighted by molar-refractivity contribution is 7.99. The Bertz CT molecular complexity index is 1110. The van der Waals surface area contributed by atoms with E-state index in [1.54, 1.807) is 18.2 Å². The summed E-state index contributed by atoms with van der Waals surface area (Å²) in [6.45, 7) is 1.33. The first-order valence-electron chi connectivity index (χ1n) is 9.63. The van der Waals surface area contributed by atoms with Crippen molar-refractivity contribution in [2.24, 2.45) is 0 Å². The highest BCUT2D eigenvalue weighted by Crippen LogP contribution is 2.46. The summed E-state index contributed by atoms with van der Waals surface area (Å²) in [5.74, 6) is 1.89. The number of nitrogens with zero attached hydrogens (tertiary/aromatic N) is 1. The molecule has 2 heterocycles. The van der Waals surface area contributed by atoms with E-state index >= 15 is 0 Å². The van der Waals surface area contributed by atoms with Crippen LogP contribution in [0.15, 0.2) is 59.5 Å². The Morgan fingerprint density at radius 2 is 1.79 bits per heavy atom. The van der Waals surface area contributed by atoms with E-state index < -0.39 is 0 Å². The van der Waals surface area contributed by atoms with Gasteiger partial charge in [-0.1, -0.05) is 53.5 Å². The number of rotatable bonds is 1. The van der Waals surface area contributed by atoms with Gasteiger partial charge in [-0.05, 0) is 29.7 Å². The van der Waals surface area contributed by atoms with Crippen LogP contribution in [0, 0.1) is 0 Å². The summed E-state index contributed by atoms with van der Waals surface area (Å²) < 4.78 is 6.64. The summed E-state index contributed by atoms with van der Waals surface area (Å²) in [6, 6.07) is 17.7. The molecule has 1 saturated heterocycles. The molecule has 0 aliphatic carbocycles. The lowest BCUT2D eigenvalue weighted by molar-refractivity contribution is 0.0169. The number of amides is 1. The van der Waals surface area contributed by atoms with Crippen molar-refractivity contribution in [1.82, 2.24) is 4.90 Å². The van der Waals surface area contributed by atoms with E-state index in [1.165, 1.54) is 10.3 Å². The van der Waals surface area contributed by atoms with Gasteiger partial charge in [0.1, 0.15) is 11.4 Å². The molecule has 0 aromatic heterocycles. The molecule has 6 heteroatoms. The Balaban J connectivity index is 1.35. The molecular formula is C23H19Cl2NO2S. The largest absolute Gasteiger partial charge is 0.484 e. The maximum atomic E-state index is 12.9. The van der Waals surface area contributed by atoms with E-state index in [2.05, 4.69) is 30.3 Å². The molecule has 0 radical (unpaired) electrons. The lowest BCUT2D eigenvalue weighted by Crippen LogP contribution is -2.52. The number of carbonyl (C=O) groups is 1. The van der Waals surface area contributed by atoms with Crippen molar-refractivity contribution < 1.29 is 9.53 Å². The van der Waals surface area contributed by atoms with E-state index in [0.717, 1.165) is 29.7 Å². The zero-order chi connectivity index (χ0) is 20.0. The number of hydrogen-bond donors (Lipinski definition) is 0. The number of thioether (sulfide) groups is 1. The molecule has 5 rings (SSSR count). The van der Waals surface area contributed by atoms with Crippen molar-refractivity contribution in [3.05, 3.63) is 70.2 Å². The monoisotopic (exact) mass is 443 g/mol. The summed E-state index contributed by atoms with van der Waals surface area (Å²) >= 11 is 13.9. The molecule has 0 N–H and O–H groups in total. The molecule has 3 nitrogen and oxygen atoms in total. The van der Waals surface area contributed by atoms with Crippen molar-refractivity contribution in [2.45, 2.75) is 23.3 Å². The predicted octanol–water partition coefficient (Wildman–Crippen LogP) is 6.31. The van der Waals surface area contributed by atoms with E-state index in [4.69, 9.17) is 27.9 Å². The molecule has 2 aliphatic rings. The maximum Gasteiger partial charge on any atom is 0.253 e. The van der Waals surface area contributed by atoms with Gasteiger partial charge in [0.25, 0.3) is 5.91 Å². The zero-order valence-corrected chi connectivity index (χ0v) is 18.0. The highest BCUT2D eigenvalue weighted by Gasteiger charge is 2.41. The van der Waals surface area contributed by atoms with Gasteiger partial charge in [0.05, 0.1) is 14.9 Å². The van der Waals surface area contributed by atoms with Gasteiger partial charge in [0.2, 0.25) is 0 Å². The smallest absolute Gasteiger partial charge is 0.253 e. The molecule has 0 atom stereocenters. The fraction of sp³-hybridized carbons (Fsp3) is 0.261. The van der Waals surface area contributed by atoms with Crippen LogP contribution < -0.4 is 4.74 Å². The summed E-state index contributed by atoms with van der Waals surface area (Å²) in [5, 5.41) is 3.21. The quantitative estimate of drug-likeness (QED) is 0.441. The lowest BCUT2D eigenvalue weighted by Gasteiger charge is -2.44. The van der Waals surface area contributed by atoms with Crippen LogP contribution in [0.1, 0.15) is 23.2 Å². The minimum absolute atomic E-state index is 0.00673. The van der Waals surface area contributed by atoms with Gasteiger partial charge in [-0.25, -0.2) is 0 Å². The van der Waals surface area contributed by atoms with Crippen molar-refractivity contribution in [2.75, 3.05) is 18.8 Å². The number of hydrogen-bond acceptors (Lipinski definition) is 3. The van der Waals surface area contributed by atoms with E-state index in [1.807, 2.05) is 22.7 Å². The van der Waals surface area contributed by atoms with Crippen LogP contribution in [-0.2, 0) is 0 Å². The second-order valence-electron chi connectivity index (χ2n) is 7.61. The van der Waals surface area contributed by atoms with Gasteiger partial charge in [0.15, 0.2) is 0 Å². The molecule has 0 saturated carbocycles. The molecule has 3 aromatic carbocycles. The Morgan fingerprint density at radius 3 is 2.59 bits per heavy atom. The number of ether oxygens (including phenoxy) is 1. The third-order valence-electron chi connectivity index (χ3n) is 5.78. The zero-order valence-electron chi connectivity index (χ0n) is 15.7. The Hall–Kier alpha value is -1.88. The molecule has 1 spiro atoms. The standard InChI is InChI=1S/C23H19Cl2NO2S/c24-18-7-5-16(13-19(18)25)22(27)26-11-9-23(10-12-26)14-29-20-8-6-15-3-1-2-4-17(15)21(20)28-23/h1-8,13H,9-12,14H2. The summed E-state index contributed by atoms with van der Waals surface area (Å²) in [4.78, 5) is 16.0. The van der Waals surface area contributed by atoms with Crippen molar-refractivity contribution in [1.29, 1.82) is 0 Å². The third-order valence-corrected chi connectivity index (χ3v) is 7.82. The van der Waals surface area contributed by atoms with Crippen LogP contribution in [0.4, 0.5) is 0 Å². The summed E-state index contributed by atoms with van der Waals surface area (Å²) in [6.07, 6.45) is 1.63. The van der Waals surface area contributed by atoms with Gasteiger partial charge in [-0.15, -0.1) is 11.8 Å². The number of carbonyl (C=O) groups excluding carboxylic acids is 1. The van der Waals surface area contributed by atoms with Crippen molar-refractivity contribution >= 4 is 51.6 Å². The SMILES string of the molecule is O=C(c1ccc(Cl)c(Cl)c1)N1CCC2(CC1)CSc1ccc3ccccc3c1O2. The molecule has 0 unspecified atom stereocenters. The number of halogens is 2. The molecule has 2 aliphatic heterocycles. The predicted molar refractivity (Wildman–Crippen MR) is 120 cm³/mol. The maximum absolute atomic E-state index is 12.9. The summed E-state index contributed by atoms with van der Waals surface area (Å²) in [5.41, 5.74) is 0.349. The van der Waals surface area contributed by atoms with Crippen LogP contribution in [0.25, 0.3) is 10.8 Å². The van der Waals surface area contributed by atoms with Crippen LogP contribution in [0.5, 0.6) is 5.75 Å². The summed E-state index contributed by atoms with van der Waals surface area (Å²) in [7, 11) is 0. The molecule has 1 fully saturated rings. The lowest BCUT2D eigenvalue weighted by atomic mass is 9.92. The van der Waals surface area contributed by atoms with Gasteiger partial charge in [-0.3, -0.25) is 4.79 Å². The minimum Gasteiger partial charge on any atom is -0.484 e. The van der Waals surface area contributed by atoms with Gasteiger partial charge >= 0.3 is 0 Å². The Labute approximate surface area is 183 Å². The van der Waals surface area contributed by atoms with E-state index in [0.29, 0.717) is 28.7 Å². The fourth-order valence-electron chi connectivity index (χ4n) is 4.07. The van der Waals surface area contributed by atoms with Crippen LogP contribution in [-0.4, -0.2) is 35.3 Å². The number of piperidine rings is 1. The average molecular weight is 444 g/mol. The third kappa shape index (κ3) is 3.48. The first-order valence-corrected chi connectivity index (χ1v) is 11.4.